The second-order valence-electron chi connectivity index (χ2n) is 8.16. The smallest absolute Gasteiger partial charge is 0.257 e. The summed E-state index contributed by atoms with van der Waals surface area (Å²) in [6.45, 7) is 7.98. The minimum Gasteiger partial charge on any atom is -0.357 e. The largest absolute Gasteiger partial charge is 0.357 e. The van der Waals surface area contributed by atoms with Crippen LogP contribution in [0.3, 0.4) is 0 Å². The summed E-state index contributed by atoms with van der Waals surface area (Å²) in [5.41, 5.74) is 2.57. The Kier molecular flexibility index (Phi) is 5.91. The molecule has 0 unspecified atom stereocenters. The molecule has 1 aromatic heterocycles. The molecule has 148 valence electrons. The number of benzene rings is 1. The maximum Gasteiger partial charge on any atom is 0.257 e. The van der Waals surface area contributed by atoms with Crippen molar-refractivity contribution in [2.24, 2.45) is 5.92 Å². The van der Waals surface area contributed by atoms with E-state index in [-0.39, 0.29) is 5.91 Å². The molecule has 3 heterocycles. The number of rotatable bonds is 5. The Morgan fingerprint density at radius 2 is 1.75 bits per heavy atom. The number of carbonyl (C=O) groups is 1. The number of piperidine rings is 1. The highest BCUT2D eigenvalue weighted by Crippen LogP contribution is 2.24. The number of likely N-dealkylation sites (tertiary alicyclic amines) is 1. The molecule has 0 radical (unpaired) electrons. The van der Waals surface area contributed by atoms with Crippen LogP contribution in [-0.2, 0) is 0 Å². The number of anilines is 2. The maximum atomic E-state index is 12.4. The first-order valence-electron chi connectivity index (χ1n) is 10.5. The zero-order valence-corrected chi connectivity index (χ0v) is 16.7. The average Bonchev–Trinajstić information content (AvgIpc) is 3.23. The van der Waals surface area contributed by atoms with Gasteiger partial charge >= 0.3 is 0 Å². The predicted molar refractivity (Wildman–Crippen MR) is 114 cm³/mol. The van der Waals surface area contributed by atoms with Gasteiger partial charge in [-0.2, -0.15) is 0 Å². The quantitative estimate of drug-likeness (QED) is 0.856. The van der Waals surface area contributed by atoms with E-state index in [1.165, 1.54) is 50.9 Å². The fraction of sp³-hybridized carbons (Fsp3) is 0.478. The van der Waals surface area contributed by atoms with E-state index in [0.717, 1.165) is 30.5 Å². The van der Waals surface area contributed by atoms with Crippen molar-refractivity contribution in [1.29, 1.82) is 0 Å². The lowest BCUT2D eigenvalue weighted by atomic mass is 9.96. The number of pyridine rings is 1. The Hall–Kier alpha value is -2.40. The minimum atomic E-state index is -0.118. The van der Waals surface area contributed by atoms with Crippen molar-refractivity contribution >= 4 is 17.4 Å². The standard InChI is InChI=1S/C23H30N4O/c1-18-4-7-21(8-5-18)25-23(28)20-6-9-22(24-16-20)27-14-10-19(11-15-27)17-26-12-2-3-13-26/h4-9,16,19H,2-3,10-15,17H2,1H3,(H,25,28). The van der Waals surface area contributed by atoms with Crippen molar-refractivity contribution in [2.45, 2.75) is 32.6 Å². The van der Waals surface area contributed by atoms with Gasteiger partial charge in [-0.25, -0.2) is 4.98 Å². The lowest BCUT2D eigenvalue weighted by Gasteiger charge is -2.34. The molecule has 1 amide bonds. The van der Waals surface area contributed by atoms with Gasteiger partial charge in [-0.1, -0.05) is 17.7 Å². The summed E-state index contributed by atoms with van der Waals surface area (Å²) in [6.07, 6.45) is 6.88. The van der Waals surface area contributed by atoms with E-state index in [4.69, 9.17) is 0 Å². The first-order chi connectivity index (χ1) is 13.7. The molecule has 1 N–H and O–H groups in total. The molecule has 2 aromatic rings. The zero-order chi connectivity index (χ0) is 19.3. The van der Waals surface area contributed by atoms with E-state index in [1.807, 2.05) is 43.3 Å². The molecule has 2 saturated heterocycles. The lowest BCUT2D eigenvalue weighted by molar-refractivity contribution is 0.102. The van der Waals surface area contributed by atoms with Gasteiger partial charge in [0.25, 0.3) is 5.91 Å². The van der Waals surface area contributed by atoms with E-state index in [9.17, 15) is 4.79 Å². The van der Waals surface area contributed by atoms with E-state index < -0.39 is 0 Å². The average molecular weight is 379 g/mol. The van der Waals surface area contributed by atoms with Crippen LogP contribution in [0.15, 0.2) is 42.6 Å². The van der Waals surface area contributed by atoms with Crippen LogP contribution in [0.2, 0.25) is 0 Å². The molecule has 4 rings (SSSR count). The summed E-state index contributed by atoms with van der Waals surface area (Å²) >= 11 is 0. The monoisotopic (exact) mass is 378 g/mol. The molecule has 5 nitrogen and oxygen atoms in total. The fourth-order valence-electron chi connectivity index (χ4n) is 4.22. The molecule has 28 heavy (non-hydrogen) atoms. The third-order valence-corrected chi connectivity index (χ3v) is 5.97. The van der Waals surface area contributed by atoms with Crippen molar-refractivity contribution in [1.82, 2.24) is 9.88 Å². The summed E-state index contributed by atoms with van der Waals surface area (Å²) in [6, 6.07) is 11.7. The van der Waals surface area contributed by atoms with Gasteiger partial charge in [-0.05, 0) is 75.9 Å². The molecule has 5 heteroatoms. The van der Waals surface area contributed by atoms with Crippen LogP contribution >= 0.6 is 0 Å². The molecule has 2 fully saturated rings. The number of nitrogens with one attached hydrogen (secondary N) is 1. The molecule has 0 aliphatic carbocycles. The van der Waals surface area contributed by atoms with Crippen molar-refractivity contribution < 1.29 is 4.79 Å². The molecule has 0 saturated carbocycles. The van der Waals surface area contributed by atoms with Gasteiger partial charge in [0.1, 0.15) is 5.82 Å². The first-order valence-corrected chi connectivity index (χ1v) is 10.5. The number of nitrogens with zero attached hydrogens (tertiary/aromatic N) is 3. The number of hydrogen-bond donors (Lipinski definition) is 1. The summed E-state index contributed by atoms with van der Waals surface area (Å²) in [5.74, 6) is 1.67. The number of carbonyl (C=O) groups excluding carboxylic acids is 1. The van der Waals surface area contributed by atoms with E-state index in [0.29, 0.717) is 5.56 Å². The van der Waals surface area contributed by atoms with Crippen molar-refractivity contribution in [2.75, 3.05) is 42.9 Å². The molecule has 2 aliphatic rings. The first kappa shape index (κ1) is 18.9. The maximum absolute atomic E-state index is 12.4. The third kappa shape index (κ3) is 4.71. The summed E-state index contributed by atoms with van der Waals surface area (Å²) in [5, 5.41) is 2.93. The molecule has 0 spiro atoms. The highest BCUT2D eigenvalue weighted by molar-refractivity contribution is 6.04. The highest BCUT2D eigenvalue weighted by atomic mass is 16.1. The van der Waals surface area contributed by atoms with Crippen LogP contribution in [0.5, 0.6) is 0 Å². The molecular weight excluding hydrogens is 348 g/mol. The SMILES string of the molecule is Cc1ccc(NC(=O)c2ccc(N3CCC(CN4CCCC4)CC3)nc2)cc1. The highest BCUT2D eigenvalue weighted by Gasteiger charge is 2.23. The number of amides is 1. The van der Waals surface area contributed by atoms with Crippen molar-refractivity contribution in [3.05, 3.63) is 53.7 Å². The molecule has 0 bridgehead atoms. The topological polar surface area (TPSA) is 48.5 Å². The Labute approximate surface area is 167 Å². The second kappa shape index (κ2) is 8.74. The van der Waals surface area contributed by atoms with Crippen LogP contribution in [0, 0.1) is 12.8 Å². The molecule has 2 aliphatic heterocycles. The van der Waals surface area contributed by atoms with Crippen LogP contribution < -0.4 is 10.2 Å². The van der Waals surface area contributed by atoms with Crippen molar-refractivity contribution in [3.63, 3.8) is 0 Å². The van der Waals surface area contributed by atoms with Gasteiger partial charge in [-0.15, -0.1) is 0 Å². The predicted octanol–water partition coefficient (Wildman–Crippen LogP) is 3.95. The summed E-state index contributed by atoms with van der Waals surface area (Å²) in [4.78, 5) is 22.0. The molecular formula is C23H30N4O. The number of hydrogen-bond acceptors (Lipinski definition) is 4. The summed E-state index contributed by atoms with van der Waals surface area (Å²) in [7, 11) is 0. The van der Waals surface area contributed by atoms with Gasteiger partial charge in [-0.3, -0.25) is 4.79 Å². The Balaban J connectivity index is 1.29. The molecule has 1 aromatic carbocycles. The van der Waals surface area contributed by atoms with Crippen LogP contribution in [0.4, 0.5) is 11.5 Å². The summed E-state index contributed by atoms with van der Waals surface area (Å²) < 4.78 is 0. The number of aromatic nitrogens is 1. The zero-order valence-electron chi connectivity index (χ0n) is 16.7. The molecule has 0 atom stereocenters. The van der Waals surface area contributed by atoms with Gasteiger partial charge in [0.05, 0.1) is 5.56 Å². The van der Waals surface area contributed by atoms with Gasteiger partial charge in [0.15, 0.2) is 0 Å². The van der Waals surface area contributed by atoms with Crippen LogP contribution in [0.25, 0.3) is 0 Å². The Morgan fingerprint density at radius 1 is 1.04 bits per heavy atom. The third-order valence-electron chi connectivity index (χ3n) is 5.97. The van der Waals surface area contributed by atoms with Crippen LogP contribution in [0.1, 0.15) is 41.6 Å². The van der Waals surface area contributed by atoms with Gasteiger partial charge in [0.2, 0.25) is 0 Å². The van der Waals surface area contributed by atoms with E-state index >= 15 is 0 Å². The number of aryl methyl sites for hydroxylation is 1. The van der Waals surface area contributed by atoms with Crippen molar-refractivity contribution in [3.8, 4) is 0 Å². The fourth-order valence-corrected chi connectivity index (χ4v) is 4.22. The Bertz CT molecular complexity index is 773. The lowest BCUT2D eigenvalue weighted by Crippen LogP contribution is -2.38. The van der Waals surface area contributed by atoms with Gasteiger partial charge in [0, 0.05) is 31.5 Å². The van der Waals surface area contributed by atoms with Gasteiger partial charge < -0.3 is 15.1 Å². The normalized spacial score (nSPS) is 18.4. The second-order valence-corrected chi connectivity index (χ2v) is 8.16. The van der Waals surface area contributed by atoms with E-state index in [2.05, 4.69) is 20.1 Å². The minimum absolute atomic E-state index is 0.118. The Morgan fingerprint density at radius 3 is 2.39 bits per heavy atom. The van der Waals surface area contributed by atoms with Crippen LogP contribution in [-0.4, -0.2) is 48.5 Å². The van der Waals surface area contributed by atoms with E-state index in [1.54, 1.807) is 6.20 Å².